The Hall–Kier alpha value is -4.25. The molecular weight excluding hydrogens is 546 g/mol. The van der Waals surface area contributed by atoms with Crippen LogP contribution in [0, 0.1) is 6.92 Å². The number of amides is 2. The lowest BCUT2D eigenvalue weighted by Crippen LogP contribution is -2.51. The van der Waals surface area contributed by atoms with Crippen LogP contribution < -0.4 is 23.8 Å². The van der Waals surface area contributed by atoms with E-state index in [2.05, 4.69) is 5.32 Å². The third-order valence-electron chi connectivity index (χ3n) is 6.66. The van der Waals surface area contributed by atoms with Crippen LogP contribution in [-0.4, -0.2) is 66.1 Å². The summed E-state index contributed by atoms with van der Waals surface area (Å²) in [5, 5.41) is 2.62. The zero-order chi connectivity index (χ0) is 30.2. The van der Waals surface area contributed by atoms with Crippen LogP contribution >= 0.6 is 0 Å². The molecule has 1 N–H and O–H groups in total. The van der Waals surface area contributed by atoms with Gasteiger partial charge in [0.05, 0.1) is 31.9 Å². The summed E-state index contributed by atoms with van der Waals surface area (Å²) in [6, 6.07) is 17.4. The molecule has 3 aromatic rings. The number of benzene rings is 3. The van der Waals surface area contributed by atoms with Crippen molar-refractivity contribution in [2.24, 2.45) is 0 Å². The summed E-state index contributed by atoms with van der Waals surface area (Å²) in [6.45, 7) is 3.20. The Morgan fingerprint density at radius 3 is 2.17 bits per heavy atom. The Bertz CT molecular complexity index is 1460. The maximum atomic E-state index is 14.1. The van der Waals surface area contributed by atoms with Crippen molar-refractivity contribution in [2.75, 3.05) is 39.2 Å². The molecule has 3 rings (SSSR count). The Labute approximate surface area is 241 Å². The Morgan fingerprint density at radius 2 is 1.59 bits per heavy atom. The first-order valence-corrected chi connectivity index (χ1v) is 14.5. The van der Waals surface area contributed by atoms with E-state index < -0.39 is 28.5 Å². The highest BCUT2D eigenvalue weighted by Crippen LogP contribution is 2.32. The molecule has 0 aromatic heterocycles. The number of likely N-dealkylation sites (N-methyl/N-ethyl adjacent to an activating group) is 1. The Balaban J connectivity index is 2.09. The molecular formula is C30H37N3O7S. The van der Waals surface area contributed by atoms with Crippen molar-refractivity contribution in [1.82, 2.24) is 10.2 Å². The highest BCUT2D eigenvalue weighted by molar-refractivity contribution is 7.92. The molecule has 0 spiro atoms. The standard InChI is InChI=1S/C30H37N3O7S/c1-7-26(30(35)31-3)32(19-22-9-8-10-24(17-22)38-4)29(34)20-33(23-13-11-21(2)12-14-23)41(36,37)25-15-16-27(39-5)28(18-25)40-6/h8-18,26H,7,19-20H2,1-6H3,(H,31,35). The van der Waals surface area contributed by atoms with Gasteiger partial charge in [-0.25, -0.2) is 8.42 Å². The van der Waals surface area contributed by atoms with E-state index >= 15 is 0 Å². The molecule has 0 bridgehead atoms. The number of hydrogen-bond acceptors (Lipinski definition) is 7. The van der Waals surface area contributed by atoms with Crippen LogP contribution in [-0.2, 0) is 26.2 Å². The normalized spacial score (nSPS) is 11.8. The number of carbonyl (C=O) groups excluding carboxylic acids is 2. The van der Waals surface area contributed by atoms with E-state index in [1.165, 1.54) is 44.4 Å². The lowest BCUT2D eigenvalue weighted by molar-refractivity contribution is -0.140. The fraction of sp³-hybridized carbons (Fsp3) is 0.333. The van der Waals surface area contributed by atoms with Crippen molar-refractivity contribution in [3.63, 3.8) is 0 Å². The van der Waals surface area contributed by atoms with Gasteiger partial charge in [-0.15, -0.1) is 0 Å². The molecule has 0 radical (unpaired) electrons. The van der Waals surface area contributed by atoms with Gasteiger partial charge in [0.1, 0.15) is 18.3 Å². The van der Waals surface area contributed by atoms with E-state index in [1.54, 1.807) is 56.5 Å². The van der Waals surface area contributed by atoms with Crippen molar-refractivity contribution < 1.29 is 32.2 Å². The van der Waals surface area contributed by atoms with Gasteiger partial charge in [-0.05, 0) is 55.3 Å². The predicted octanol–water partition coefficient (Wildman–Crippen LogP) is 3.77. The van der Waals surface area contributed by atoms with Crippen LogP contribution in [0.1, 0.15) is 24.5 Å². The minimum atomic E-state index is -4.27. The number of carbonyl (C=O) groups is 2. The van der Waals surface area contributed by atoms with Gasteiger partial charge in [0.25, 0.3) is 10.0 Å². The molecule has 0 saturated heterocycles. The predicted molar refractivity (Wildman–Crippen MR) is 157 cm³/mol. The van der Waals surface area contributed by atoms with Gasteiger partial charge in [-0.3, -0.25) is 13.9 Å². The highest BCUT2D eigenvalue weighted by atomic mass is 32.2. The van der Waals surface area contributed by atoms with Gasteiger partial charge in [0.2, 0.25) is 11.8 Å². The first kappa shape index (κ1) is 31.3. The number of sulfonamides is 1. The van der Waals surface area contributed by atoms with E-state index in [0.29, 0.717) is 23.6 Å². The maximum absolute atomic E-state index is 14.1. The van der Waals surface area contributed by atoms with Crippen molar-refractivity contribution in [1.29, 1.82) is 0 Å². The lowest BCUT2D eigenvalue weighted by atomic mass is 10.1. The molecule has 0 fully saturated rings. The maximum Gasteiger partial charge on any atom is 0.264 e. The molecule has 0 saturated carbocycles. The van der Waals surface area contributed by atoms with Crippen molar-refractivity contribution >= 4 is 27.5 Å². The SMILES string of the molecule is CCC(C(=O)NC)N(Cc1cccc(OC)c1)C(=O)CN(c1ccc(C)cc1)S(=O)(=O)c1ccc(OC)c(OC)c1. The van der Waals surface area contributed by atoms with Crippen molar-refractivity contribution in [3.05, 3.63) is 77.9 Å². The van der Waals surface area contributed by atoms with E-state index in [9.17, 15) is 18.0 Å². The average Bonchev–Trinajstić information content (AvgIpc) is 2.99. The molecule has 2 amide bonds. The summed E-state index contributed by atoms with van der Waals surface area (Å²) in [5.74, 6) is 0.292. The molecule has 41 heavy (non-hydrogen) atoms. The van der Waals surface area contributed by atoms with Crippen LogP contribution in [0.25, 0.3) is 0 Å². The van der Waals surface area contributed by atoms with Gasteiger partial charge in [-0.2, -0.15) is 0 Å². The van der Waals surface area contributed by atoms with E-state index in [1.807, 2.05) is 13.0 Å². The summed E-state index contributed by atoms with van der Waals surface area (Å²) in [7, 11) is 1.64. The average molecular weight is 584 g/mol. The summed E-state index contributed by atoms with van der Waals surface area (Å²) >= 11 is 0. The molecule has 0 heterocycles. The zero-order valence-electron chi connectivity index (χ0n) is 24.2. The number of nitrogens with one attached hydrogen (secondary N) is 1. The number of nitrogens with zero attached hydrogens (tertiary/aromatic N) is 2. The minimum absolute atomic E-state index is 0.0695. The Morgan fingerprint density at radius 1 is 0.902 bits per heavy atom. The van der Waals surface area contributed by atoms with E-state index in [4.69, 9.17) is 14.2 Å². The van der Waals surface area contributed by atoms with E-state index in [-0.39, 0.29) is 23.1 Å². The quantitative estimate of drug-likeness (QED) is 0.326. The molecule has 0 aliphatic carbocycles. The van der Waals surface area contributed by atoms with Gasteiger partial charge >= 0.3 is 0 Å². The number of methoxy groups -OCH3 is 3. The van der Waals surface area contributed by atoms with Crippen LogP contribution in [0.4, 0.5) is 5.69 Å². The van der Waals surface area contributed by atoms with E-state index in [0.717, 1.165) is 15.4 Å². The fourth-order valence-electron chi connectivity index (χ4n) is 4.40. The summed E-state index contributed by atoms with van der Waals surface area (Å²) < 4.78 is 45.1. The second-order valence-corrected chi connectivity index (χ2v) is 11.1. The third-order valence-corrected chi connectivity index (χ3v) is 8.43. The van der Waals surface area contributed by atoms with Gasteiger partial charge in [0, 0.05) is 19.7 Å². The zero-order valence-corrected chi connectivity index (χ0v) is 25.0. The van der Waals surface area contributed by atoms with Gasteiger partial charge < -0.3 is 24.4 Å². The van der Waals surface area contributed by atoms with Crippen LogP contribution in [0.5, 0.6) is 17.2 Å². The largest absolute Gasteiger partial charge is 0.497 e. The molecule has 1 atom stereocenters. The second-order valence-electron chi connectivity index (χ2n) is 9.28. The molecule has 3 aromatic carbocycles. The third kappa shape index (κ3) is 7.29. The summed E-state index contributed by atoms with van der Waals surface area (Å²) in [5.41, 5.74) is 1.95. The molecule has 0 aliphatic rings. The van der Waals surface area contributed by atoms with Crippen molar-refractivity contribution in [3.8, 4) is 17.2 Å². The monoisotopic (exact) mass is 583 g/mol. The van der Waals surface area contributed by atoms with Crippen LogP contribution in [0.2, 0.25) is 0 Å². The lowest BCUT2D eigenvalue weighted by Gasteiger charge is -2.33. The van der Waals surface area contributed by atoms with Gasteiger partial charge in [-0.1, -0.05) is 36.8 Å². The second kappa shape index (κ2) is 13.9. The molecule has 0 aliphatic heterocycles. The number of rotatable bonds is 13. The number of anilines is 1. The Kier molecular flexibility index (Phi) is 10.6. The smallest absolute Gasteiger partial charge is 0.264 e. The molecule has 10 nitrogen and oxygen atoms in total. The first-order valence-electron chi connectivity index (χ1n) is 13.0. The molecule has 11 heteroatoms. The number of aryl methyl sites for hydroxylation is 1. The fourth-order valence-corrected chi connectivity index (χ4v) is 5.83. The van der Waals surface area contributed by atoms with Crippen LogP contribution in [0.15, 0.2) is 71.6 Å². The number of ether oxygens (including phenoxy) is 3. The van der Waals surface area contributed by atoms with Gasteiger partial charge in [0.15, 0.2) is 11.5 Å². The highest BCUT2D eigenvalue weighted by Gasteiger charge is 2.34. The van der Waals surface area contributed by atoms with Crippen LogP contribution in [0.3, 0.4) is 0 Å². The number of hydrogen-bond donors (Lipinski definition) is 1. The summed E-state index contributed by atoms with van der Waals surface area (Å²) in [6.07, 6.45) is 0.322. The minimum Gasteiger partial charge on any atom is -0.497 e. The molecule has 220 valence electrons. The molecule has 1 unspecified atom stereocenters. The summed E-state index contributed by atoms with van der Waals surface area (Å²) in [4.78, 5) is 28.2. The first-order chi connectivity index (χ1) is 19.6. The topological polar surface area (TPSA) is 114 Å². The van der Waals surface area contributed by atoms with Crippen molar-refractivity contribution in [2.45, 2.75) is 37.8 Å².